The highest BCUT2D eigenvalue weighted by Crippen LogP contribution is 2.23. The van der Waals surface area contributed by atoms with E-state index in [0.717, 1.165) is 11.3 Å². The number of hydrogen-bond donors (Lipinski definition) is 1. The molecule has 0 radical (unpaired) electrons. The van der Waals surface area contributed by atoms with E-state index in [1.807, 2.05) is 13.8 Å². The van der Waals surface area contributed by atoms with Crippen LogP contribution >= 0.6 is 11.3 Å². The Hall–Kier alpha value is -2.81. The third-order valence-corrected chi connectivity index (χ3v) is 4.66. The average Bonchev–Trinajstić information content (AvgIpc) is 3.27. The van der Waals surface area contributed by atoms with Crippen molar-refractivity contribution < 1.29 is 18.7 Å². The van der Waals surface area contributed by atoms with Gasteiger partial charge in [0.25, 0.3) is 5.91 Å². The largest absolute Gasteiger partial charge is 0.464 e. The van der Waals surface area contributed by atoms with E-state index >= 15 is 0 Å². The van der Waals surface area contributed by atoms with Crippen LogP contribution in [0, 0.1) is 11.7 Å². The number of carbonyl (C=O) groups is 2. The smallest absolute Gasteiger partial charge is 0.330 e. The molecule has 1 aromatic carbocycles. The summed E-state index contributed by atoms with van der Waals surface area (Å²) in [7, 11) is 0. The maximum absolute atomic E-state index is 13.3. The molecule has 0 fully saturated rings. The number of amides is 1. The number of carbonyl (C=O) groups excluding carboxylic acids is 2. The second-order valence-electron chi connectivity index (χ2n) is 6.44. The second-order valence-corrected chi connectivity index (χ2v) is 7.47. The van der Waals surface area contributed by atoms with E-state index in [2.05, 4.69) is 15.3 Å². The first-order chi connectivity index (χ1) is 12.9. The number of nitrogens with one attached hydrogen (secondary N) is 1. The third kappa shape index (κ3) is 4.88. The number of nitrogens with zero attached hydrogens (tertiary/aromatic N) is 3. The van der Waals surface area contributed by atoms with Gasteiger partial charge in [-0.2, -0.15) is 0 Å². The molecule has 0 spiro atoms. The molecule has 0 aliphatic rings. The zero-order chi connectivity index (χ0) is 19.4. The Morgan fingerprint density at radius 3 is 2.89 bits per heavy atom. The topological polar surface area (TPSA) is 86.1 Å². The van der Waals surface area contributed by atoms with Gasteiger partial charge in [-0.3, -0.25) is 4.79 Å². The van der Waals surface area contributed by atoms with Crippen LogP contribution in [0.1, 0.15) is 23.6 Å². The van der Waals surface area contributed by atoms with Gasteiger partial charge in [0.1, 0.15) is 11.9 Å². The lowest BCUT2D eigenvalue weighted by atomic mass is 10.2. The molecule has 1 amide bonds. The summed E-state index contributed by atoms with van der Waals surface area (Å²) in [6, 6.07) is 3.23. The highest BCUT2D eigenvalue weighted by molar-refractivity contribution is 7.20. The van der Waals surface area contributed by atoms with Crippen molar-refractivity contribution >= 4 is 33.4 Å². The number of imidazole rings is 1. The summed E-state index contributed by atoms with van der Waals surface area (Å²) in [5, 5.41) is 2.82. The Morgan fingerprint density at radius 2 is 2.19 bits per heavy atom. The predicted octanol–water partition coefficient (Wildman–Crippen LogP) is 2.63. The molecule has 3 aromatic rings. The Morgan fingerprint density at radius 1 is 1.37 bits per heavy atom. The quantitative estimate of drug-likeness (QED) is 0.627. The molecule has 3 rings (SSSR count). The first kappa shape index (κ1) is 19.0. The number of fused-ring (bicyclic) bond motifs is 1. The highest BCUT2D eigenvalue weighted by Gasteiger charge is 2.25. The summed E-state index contributed by atoms with van der Waals surface area (Å²) in [5.41, 5.74) is 0.528. The monoisotopic (exact) mass is 390 g/mol. The molecule has 27 heavy (non-hydrogen) atoms. The number of halogens is 1. The zero-order valence-corrected chi connectivity index (χ0v) is 15.7. The molecule has 2 heterocycles. The zero-order valence-electron chi connectivity index (χ0n) is 14.9. The summed E-state index contributed by atoms with van der Waals surface area (Å²) < 4.78 is 20.8. The second kappa shape index (κ2) is 8.26. The molecule has 7 nitrogen and oxygen atoms in total. The van der Waals surface area contributed by atoms with E-state index in [1.165, 1.54) is 18.2 Å². The minimum absolute atomic E-state index is 0.155. The summed E-state index contributed by atoms with van der Waals surface area (Å²) in [6.07, 6.45) is 4.82. The van der Waals surface area contributed by atoms with Crippen molar-refractivity contribution in [1.29, 1.82) is 0 Å². The molecular weight excluding hydrogens is 371 g/mol. The third-order valence-electron chi connectivity index (χ3n) is 3.65. The Labute approximate surface area is 159 Å². The van der Waals surface area contributed by atoms with Gasteiger partial charge in [-0.15, -0.1) is 11.3 Å². The van der Waals surface area contributed by atoms with Crippen LogP contribution in [0.3, 0.4) is 0 Å². The minimum atomic E-state index is -0.894. The van der Waals surface area contributed by atoms with Crippen LogP contribution in [-0.4, -0.2) is 39.1 Å². The van der Waals surface area contributed by atoms with Gasteiger partial charge in [0, 0.05) is 12.4 Å². The molecule has 1 N–H and O–H groups in total. The van der Waals surface area contributed by atoms with Crippen LogP contribution in [-0.2, 0) is 16.1 Å². The number of aromatic nitrogens is 3. The van der Waals surface area contributed by atoms with E-state index in [-0.39, 0.29) is 24.1 Å². The van der Waals surface area contributed by atoms with Gasteiger partial charge in [0.2, 0.25) is 0 Å². The van der Waals surface area contributed by atoms with Crippen molar-refractivity contribution in [2.45, 2.75) is 26.4 Å². The number of esters is 1. The van der Waals surface area contributed by atoms with Gasteiger partial charge in [-0.05, 0) is 24.1 Å². The van der Waals surface area contributed by atoms with Crippen LogP contribution in [0.4, 0.5) is 4.39 Å². The standard InChI is InChI=1S/C18H19FN4O3S/c1-11(2)9-26-18(25)14(8-23-6-5-20-10-23)21-16(24)17-22-13-4-3-12(19)7-15(13)27-17/h3-7,10-11,14H,8-9H2,1-2H3,(H,21,24)/t14-/m0/s1. The predicted molar refractivity (Wildman–Crippen MR) is 98.9 cm³/mol. The van der Waals surface area contributed by atoms with Crippen molar-refractivity contribution in [3.63, 3.8) is 0 Å². The maximum atomic E-state index is 13.3. The van der Waals surface area contributed by atoms with Gasteiger partial charge < -0.3 is 14.6 Å². The molecule has 0 unspecified atom stereocenters. The van der Waals surface area contributed by atoms with Gasteiger partial charge in [-0.25, -0.2) is 19.2 Å². The first-order valence-corrected chi connectivity index (χ1v) is 9.23. The van der Waals surface area contributed by atoms with Crippen molar-refractivity contribution in [2.75, 3.05) is 6.61 Å². The van der Waals surface area contributed by atoms with Gasteiger partial charge >= 0.3 is 5.97 Å². The fourth-order valence-electron chi connectivity index (χ4n) is 2.35. The molecule has 0 saturated heterocycles. The summed E-state index contributed by atoms with van der Waals surface area (Å²) in [6.45, 7) is 4.30. The first-order valence-electron chi connectivity index (χ1n) is 8.41. The maximum Gasteiger partial charge on any atom is 0.330 e. The van der Waals surface area contributed by atoms with Crippen LogP contribution in [0.15, 0.2) is 36.9 Å². The van der Waals surface area contributed by atoms with E-state index in [0.29, 0.717) is 10.2 Å². The van der Waals surface area contributed by atoms with E-state index in [1.54, 1.807) is 23.3 Å². The summed E-state index contributed by atoms with van der Waals surface area (Å²) in [5.74, 6) is -1.26. The molecule has 142 valence electrons. The Balaban J connectivity index is 1.76. The minimum Gasteiger partial charge on any atom is -0.464 e. The normalized spacial score (nSPS) is 12.3. The Bertz CT molecular complexity index is 939. The molecule has 0 aliphatic carbocycles. The average molecular weight is 390 g/mol. The Kier molecular flexibility index (Phi) is 5.80. The van der Waals surface area contributed by atoms with E-state index in [4.69, 9.17) is 4.74 Å². The number of benzene rings is 1. The summed E-state index contributed by atoms with van der Waals surface area (Å²) in [4.78, 5) is 33.2. The summed E-state index contributed by atoms with van der Waals surface area (Å²) >= 11 is 1.07. The SMILES string of the molecule is CC(C)COC(=O)[C@H](Cn1ccnc1)NC(=O)c1nc2ccc(F)cc2s1. The lowest BCUT2D eigenvalue weighted by molar-refractivity contribution is -0.147. The van der Waals surface area contributed by atoms with Crippen molar-refractivity contribution in [1.82, 2.24) is 19.9 Å². The van der Waals surface area contributed by atoms with Crippen molar-refractivity contribution in [3.05, 3.63) is 47.7 Å². The molecule has 2 aromatic heterocycles. The lowest BCUT2D eigenvalue weighted by Crippen LogP contribution is -2.44. The number of thiazole rings is 1. The molecule has 0 bridgehead atoms. The van der Waals surface area contributed by atoms with E-state index < -0.39 is 23.7 Å². The number of rotatable bonds is 7. The molecule has 9 heteroatoms. The van der Waals surface area contributed by atoms with E-state index in [9.17, 15) is 14.0 Å². The van der Waals surface area contributed by atoms with Crippen LogP contribution in [0.5, 0.6) is 0 Å². The van der Waals surface area contributed by atoms with Gasteiger partial charge in [0.05, 0.1) is 29.7 Å². The lowest BCUT2D eigenvalue weighted by Gasteiger charge is -2.18. The molecule has 0 saturated carbocycles. The van der Waals surface area contributed by atoms with Crippen molar-refractivity contribution in [3.8, 4) is 0 Å². The van der Waals surface area contributed by atoms with Crippen LogP contribution in [0.2, 0.25) is 0 Å². The highest BCUT2D eigenvalue weighted by atomic mass is 32.1. The van der Waals surface area contributed by atoms with Gasteiger partial charge in [0.15, 0.2) is 5.01 Å². The molecule has 1 atom stereocenters. The number of ether oxygens (including phenoxy) is 1. The molecular formula is C18H19FN4O3S. The number of hydrogen-bond acceptors (Lipinski definition) is 6. The van der Waals surface area contributed by atoms with Gasteiger partial charge in [-0.1, -0.05) is 13.8 Å². The fourth-order valence-corrected chi connectivity index (χ4v) is 3.24. The fraction of sp³-hybridized carbons (Fsp3) is 0.333. The van der Waals surface area contributed by atoms with Crippen LogP contribution < -0.4 is 5.32 Å². The molecule has 0 aliphatic heterocycles. The van der Waals surface area contributed by atoms with Crippen molar-refractivity contribution in [2.24, 2.45) is 5.92 Å². The van der Waals surface area contributed by atoms with Crippen LogP contribution in [0.25, 0.3) is 10.2 Å².